The van der Waals surface area contributed by atoms with E-state index in [1.807, 2.05) is 6.07 Å². The first-order chi connectivity index (χ1) is 12.4. The molecule has 1 atom stereocenters. The Morgan fingerprint density at radius 2 is 2.04 bits per heavy atom. The van der Waals surface area contributed by atoms with Gasteiger partial charge in [-0.25, -0.2) is 13.2 Å². The van der Waals surface area contributed by atoms with E-state index in [0.29, 0.717) is 49.6 Å². The van der Waals surface area contributed by atoms with Crippen LogP contribution in [0.5, 0.6) is 5.75 Å². The number of benzene rings is 1. The molecule has 0 radical (unpaired) electrons. The highest BCUT2D eigenvalue weighted by Crippen LogP contribution is 2.23. The summed E-state index contributed by atoms with van der Waals surface area (Å²) in [6, 6.07) is 6.80. The minimum Gasteiger partial charge on any atom is -0.495 e. The van der Waals surface area contributed by atoms with Crippen molar-refractivity contribution >= 4 is 21.6 Å². The van der Waals surface area contributed by atoms with E-state index in [4.69, 9.17) is 10.00 Å². The Bertz CT molecular complexity index is 826. The van der Waals surface area contributed by atoms with Crippen LogP contribution in [0.2, 0.25) is 0 Å². The molecule has 1 N–H and O–H groups in total. The lowest BCUT2D eigenvalue weighted by Gasteiger charge is -2.37. The topological polar surface area (TPSA) is 103 Å². The van der Waals surface area contributed by atoms with Crippen molar-refractivity contribution < 1.29 is 17.9 Å². The summed E-state index contributed by atoms with van der Waals surface area (Å²) in [6.45, 7) is 2.42. The van der Waals surface area contributed by atoms with Crippen molar-refractivity contribution in [2.45, 2.75) is 12.5 Å². The lowest BCUT2D eigenvalue weighted by Crippen LogP contribution is -2.53. The summed E-state index contributed by atoms with van der Waals surface area (Å²) in [5.41, 5.74) is 0.897. The van der Waals surface area contributed by atoms with Gasteiger partial charge < -0.3 is 15.0 Å². The van der Waals surface area contributed by atoms with Crippen molar-refractivity contribution in [3.8, 4) is 11.8 Å². The Kier molecular flexibility index (Phi) is 5.34. The Hall–Kier alpha value is -2.31. The average Bonchev–Trinajstić information content (AvgIpc) is 3.01. The number of nitriles is 1. The molecule has 0 spiro atoms. The molecule has 3 rings (SSSR count). The maximum Gasteiger partial charge on any atom is 0.321 e. The molecule has 0 aliphatic carbocycles. The molecule has 8 nitrogen and oxygen atoms in total. The number of carbonyl (C=O) groups excluding carboxylic acids is 1. The van der Waals surface area contributed by atoms with Gasteiger partial charge in [0.25, 0.3) is 0 Å². The molecular weight excluding hydrogens is 356 g/mol. The third-order valence-corrected chi connectivity index (χ3v) is 6.65. The van der Waals surface area contributed by atoms with Gasteiger partial charge in [0.15, 0.2) is 9.84 Å². The fraction of sp³-hybridized carbons (Fsp3) is 0.529. The van der Waals surface area contributed by atoms with Gasteiger partial charge in [-0.2, -0.15) is 5.26 Å². The summed E-state index contributed by atoms with van der Waals surface area (Å²) in [5, 5.41) is 11.9. The minimum atomic E-state index is -2.90. The van der Waals surface area contributed by atoms with Crippen LogP contribution in [0.4, 0.5) is 10.5 Å². The molecule has 1 unspecified atom stereocenters. The van der Waals surface area contributed by atoms with Gasteiger partial charge in [-0.15, -0.1) is 0 Å². The smallest absolute Gasteiger partial charge is 0.321 e. The van der Waals surface area contributed by atoms with Crippen LogP contribution in [0.15, 0.2) is 18.2 Å². The van der Waals surface area contributed by atoms with E-state index in [1.54, 1.807) is 23.1 Å². The second-order valence-electron chi connectivity index (χ2n) is 6.54. The molecule has 140 valence electrons. The molecule has 2 amide bonds. The summed E-state index contributed by atoms with van der Waals surface area (Å²) < 4.78 is 28.3. The standard InChI is InChI=1S/C17H22N4O4S/c1-25-16-3-2-14(10-13(16)11-18)19-17(22)21-7-5-20(6-8-21)15-4-9-26(23,24)12-15/h2-3,10,15H,4-9,12H2,1H3,(H,19,22). The summed E-state index contributed by atoms with van der Waals surface area (Å²) in [7, 11) is -1.41. The molecule has 0 saturated carbocycles. The normalized spacial score (nSPS) is 22.6. The van der Waals surface area contributed by atoms with Crippen LogP contribution in [0.3, 0.4) is 0 Å². The molecule has 2 heterocycles. The predicted molar refractivity (Wildman–Crippen MR) is 96.9 cm³/mol. The number of anilines is 1. The van der Waals surface area contributed by atoms with Crippen LogP contribution >= 0.6 is 0 Å². The maximum atomic E-state index is 12.4. The van der Waals surface area contributed by atoms with Crippen LogP contribution in [0.25, 0.3) is 0 Å². The number of methoxy groups -OCH3 is 1. The van der Waals surface area contributed by atoms with Crippen LogP contribution in [0.1, 0.15) is 12.0 Å². The van der Waals surface area contributed by atoms with Gasteiger partial charge in [0.1, 0.15) is 11.8 Å². The van der Waals surface area contributed by atoms with Gasteiger partial charge in [-0.1, -0.05) is 0 Å². The lowest BCUT2D eigenvalue weighted by atomic mass is 10.2. The van der Waals surface area contributed by atoms with Crippen molar-refractivity contribution in [2.24, 2.45) is 0 Å². The monoisotopic (exact) mass is 378 g/mol. The molecule has 0 aromatic heterocycles. The van der Waals surface area contributed by atoms with Crippen LogP contribution in [0, 0.1) is 11.3 Å². The van der Waals surface area contributed by atoms with Crippen molar-refractivity contribution in [1.82, 2.24) is 9.80 Å². The molecule has 2 aliphatic heterocycles. The number of hydrogen-bond acceptors (Lipinski definition) is 6. The molecule has 2 fully saturated rings. The Morgan fingerprint density at radius 3 is 2.62 bits per heavy atom. The zero-order valence-corrected chi connectivity index (χ0v) is 15.5. The van der Waals surface area contributed by atoms with E-state index in [2.05, 4.69) is 10.2 Å². The van der Waals surface area contributed by atoms with Gasteiger partial charge in [-0.3, -0.25) is 4.90 Å². The number of amides is 2. The highest BCUT2D eigenvalue weighted by atomic mass is 32.2. The maximum absolute atomic E-state index is 12.4. The average molecular weight is 378 g/mol. The molecule has 1 aromatic carbocycles. The minimum absolute atomic E-state index is 0.0741. The zero-order chi connectivity index (χ0) is 18.7. The largest absolute Gasteiger partial charge is 0.495 e. The second kappa shape index (κ2) is 7.51. The molecule has 2 saturated heterocycles. The SMILES string of the molecule is COc1ccc(NC(=O)N2CCN(C3CCS(=O)(=O)C3)CC2)cc1C#N. The summed E-state index contributed by atoms with van der Waals surface area (Å²) in [5.74, 6) is 0.949. The fourth-order valence-corrected chi connectivity index (χ4v) is 5.19. The van der Waals surface area contributed by atoms with Crippen molar-refractivity contribution in [3.05, 3.63) is 23.8 Å². The second-order valence-corrected chi connectivity index (χ2v) is 8.77. The van der Waals surface area contributed by atoms with E-state index in [-0.39, 0.29) is 23.6 Å². The number of sulfone groups is 1. The number of urea groups is 1. The highest BCUT2D eigenvalue weighted by Gasteiger charge is 2.34. The van der Waals surface area contributed by atoms with E-state index in [1.165, 1.54) is 7.11 Å². The van der Waals surface area contributed by atoms with Gasteiger partial charge in [0, 0.05) is 37.9 Å². The molecule has 9 heteroatoms. The first-order valence-corrected chi connectivity index (χ1v) is 10.3. The molecule has 26 heavy (non-hydrogen) atoms. The van der Waals surface area contributed by atoms with Gasteiger partial charge in [-0.05, 0) is 24.6 Å². The number of rotatable bonds is 3. The van der Waals surface area contributed by atoms with Crippen LogP contribution in [-0.4, -0.2) is 75.1 Å². The van der Waals surface area contributed by atoms with Gasteiger partial charge >= 0.3 is 6.03 Å². The van der Waals surface area contributed by atoms with Crippen molar-refractivity contribution in [3.63, 3.8) is 0 Å². The Morgan fingerprint density at radius 1 is 1.31 bits per heavy atom. The molecule has 2 aliphatic rings. The molecular formula is C17H22N4O4S. The predicted octanol–water partition coefficient (Wildman–Crippen LogP) is 0.903. The van der Waals surface area contributed by atoms with E-state index < -0.39 is 9.84 Å². The first-order valence-electron chi connectivity index (χ1n) is 8.50. The van der Waals surface area contributed by atoms with Gasteiger partial charge in [0.05, 0.1) is 24.2 Å². The number of hydrogen-bond donors (Lipinski definition) is 1. The third-order valence-electron chi connectivity index (χ3n) is 4.90. The van der Waals surface area contributed by atoms with E-state index >= 15 is 0 Å². The van der Waals surface area contributed by atoms with Crippen LogP contribution < -0.4 is 10.1 Å². The summed E-state index contributed by atoms with van der Waals surface area (Å²) in [4.78, 5) is 16.3. The number of carbonyl (C=O) groups is 1. The molecule has 0 bridgehead atoms. The number of ether oxygens (including phenoxy) is 1. The Labute approximate surface area is 153 Å². The third kappa shape index (κ3) is 4.08. The summed E-state index contributed by atoms with van der Waals surface area (Å²) >= 11 is 0. The number of nitrogens with zero attached hydrogens (tertiary/aromatic N) is 3. The first kappa shape index (κ1) is 18.5. The Balaban J connectivity index is 1.55. The zero-order valence-electron chi connectivity index (χ0n) is 14.6. The van der Waals surface area contributed by atoms with Crippen LogP contribution in [-0.2, 0) is 9.84 Å². The number of nitrogens with one attached hydrogen (secondary N) is 1. The van der Waals surface area contributed by atoms with E-state index in [9.17, 15) is 13.2 Å². The van der Waals surface area contributed by atoms with E-state index in [0.717, 1.165) is 0 Å². The van der Waals surface area contributed by atoms with Gasteiger partial charge in [0.2, 0.25) is 0 Å². The number of piperazine rings is 1. The van der Waals surface area contributed by atoms with Crippen molar-refractivity contribution in [2.75, 3.05) is 50.1 Å². The lowest BCUT2D eigenvalue weighted by molar-refractivity contribution is 0.121. The quantitative estimate of drug-likeness (QED) is 0.838. The fourth-order valence-electron chi connectivity index (χ4n) is 3.43. The summed E-state index contributed by atoms with van der Waals surface area (Å²) in [6.07, 6.45) is 0.678. The van der Waals surface area contributed by atoms with Crippen molar-refractivity contribution in [1.29, 1.82) is 5.26 Å². The highest BCUT2D eigenvalue weighted by molar-refractivity contribution is 7.91. The molecule has 1 aromatic rings.